The molecular formula is C29H26FIN6O2. The van der Waals surface area contributed by atoms with Crippen molar-refractivity contribution in [3.8, 4) is 34.1 Å². The molecule has 10 heteroatoms. The van der Waals surface area contributed by atoms with Gasteiger partial charge in [0.15, 0.2) is 0 Å². The normalized spacial score (nSPS) is 13.8. The number of hydrogen-bond donors (Lipinski definition) is 2. The zero-order valence-corrected chi connectivity index (χ0v) is 23.4. The number of hydrogen-bond acceptors (Lipinski definition) is 6. The number of imidazole rings is 1. The Bertz CT molecular complexity index is 1580. The van der Waals surface area contributed by atoms with Crippen LogP contribution in [0.3, 0.4) is 0 Å². The van der Waals surface area contributed by atoms with Gasteiger partial charge in [-0.15, -0.1) is 5.10 Å². The maximum atomic E-state index is 14.0. The molecule has 1 saturated carbocycles. The van der Waals surface area contributed by atoms with Crippen LogP contribution in [0.15, 0.2) is 67.1 Å². The number of rotatable bonds is 10. The summed E-state index contributed by atoms with van der Waals surface area (Å²) in [5.41, 5.74) is 6.81. The predicted octanol–water partition coefficient (Wildman–Crippen LogP) is 6.31. The summed E-state index contributed by atoms with van der Waals surface area (Å²) in [6.45, 7) is 0.615. The third kappa shape index (κ3) is 5.65. The Labute approximate surface area is 238 Å². The van der Waals surface area contributed by atoms with E-state index in [1.807, 2.05) is 36.4 Å². The van der Waals surface area contributed by atoms with Gasteiger partial charge in [0.1, 0.15) is 28.7 Å². The second-order valence-corrected chi connectivity index (χ2v) is 10.8. The van der Waals surface area contributed by atoms with Crippen LogP contribution in [-0.2, 0) is 6.42 Å². The molecule has 1 atom stereocenters. The molecule has 0 aliphatic heterocycles. The van der Waals surface area contributed by atoms with E-state index in [0.29, 0.717) is 30.4 Å². The van der Waals surface area contributed by atoms with E-state index in [1.54, 1.807) is 25.7 Å². The van der Waals surface area contributed by atoms with E-state index in [9.17, 15) is 4.39 Å². The van der Waals surface area contributed by atoms with E-state index >= 15 is 0 Å². The maximum Gasteiger partial charge on any atom is 0.126 e. The average Bonchev–Trinajstić information content (AvgIpc) is 3.46. The van der Waals surface area contributed by atoms with Crippen molar-refractivity contribution in [3.63, 3.8) is 0 Å². The molecule has 6 rings (SSSR count). The van der Waals surface area contributed by atoms with Gasteiger partial charge in [-0.2, -0.15) is 0 Å². The van der Waals surface area contributed by atoms with Crippen molar-refractivity contribution in [2.24, 2.45) is 5.92 Å². The van der Waals surface area contributed by atoms with Crippen molar-refractivity contribution in [3.05, 3.63) is 95.5 Å². The lowest BCUT2D eigenvalue weighted by atomic mass is 10.0. The highest BCUT2D eigenvalue weighted by Gasteiger charge is 2.23. The zero-order chi connectivity index (χ0) is 26.8. The number of halogens is 2. The van der Waals surface area contributed by atoms with Crippen molar-refractivity contribution in [1.29, 1.82) is 0 Å². The molecule has 1 aliphatic carbocycles. The summed E-state index contributed by atoms with van der Waals surface area (Å²) in [6, 6.07) is 16.5. The van der Waals surface area contributed by atoms with Gasteiger partial charge in [0.25, 0.3) is 0 Å². The van der Waals surface area contributed by atoms with Crippen molar-refractivity contribution < 1.29 is 13.9 Å². The zero-order valence-electron chi connectivity index (χ0n) is 21.2. The maximum absolute atomic E-state index is 14.0. The molecule has 3 heterocycles. The third-order valence-corrected chi connectivity index (χ3v) is 8.14. The highest BCUT2D eigenvalue weighted by molar-refractivity contribution is 14.1. The summed E-state index contributed by atoms with van der Waals surface area (Å²) in [6.07, 6.45) is 6.24. The second kappa shape index (κ2) is 11.1. The van der Waals surface area contributed by atoms with Gasteiger partial charge in [-0.3, -0.25) is 10.1 Å². The van der Waals surface area contributed by atoms with Crippen LogP contribution in [0.2, 0.25) is 0 Å². The van der Waals surface area contributed by atoms with Crippen LogP contribution in [0.4, 0.5) is 4.39 Å². The predicted molar refractivity (Wildman–Crippen MR) is 153 cm³/mol. The monoisotopic (exact) mass is 636 g/mol. The first kappa shape index (κ1) is 25.5. The third-order valence-electron chi connectivity index (χ3n) is 6.80. The number of pyridine rings is 1. The molecule has 0 spiro atoms. The Morgan fingerprint density at radius 3 is 2.69 bits per heavy atom. The van der Waals surface area contributed by atoms with E-state index in [2.05, 4.69) is 53.0 Å². The van der Waals surface area contributed by atoms with Crippen LogP contribution in [0.25, 0.3) is 22.6 Å². The molecule has 0 bridgehead atoms. The standard InChI is InChI=1S/C29H26FIN6O2/c1-38-22-8-5-18(6-9-22)26(31)29-27(35-37-36-29)20-10-11-32-23(13-20)28-24(33-16-34-28)12-19-4-7-21(30)14-25(19)39-15-17-2-3-17/h4-11,13-14,16-17,26H,2-3,12,15H2,1H3,(H,33,34)(H,35,36,37). The minimum atomic E-state index is -0.310. The summed E-state index contributed by atoms with van der Waals surface area (Å²) >= 11 is 2.38. The number of alkyl halides is 1. The minimum absolute atomic E-state index is 0.00334. The molecular weight excluding hydrogens is 610 g/mol. The van der Waals surface area contributed by atoms with Crippen molar-refractivity contribution in [1.82, 2.24) is 30.4 Å². The fourth-order valence-corrected chi connectivity index (χ4v) is 5.29. The van der Waals surface area contributed by atoms with Crippen LogP contribution in [0.1, 0.15) is 39.3 Å². The molecule has 8 nitrogen and oxygen atoms in total. The van der Waals surface area contributed by atoms with Crippen LogP contribution in [0.5, 0.6) is 11.5 Å². The molecule has 1 unspecified atom stereocenters. The van der Waals surface area contributed by atoms with Gasteiger partial charge in [-0.1, -0.05) is 46.0 Å². The molecule has 1 aliphatic rings. The Morgan fingerprint density at radius 2 is 1.90 bits per heavy atom. The van der Waals surface area contributed by atoms with Gasteiger partial charge in [-0.05, 0) is 54.7 Å². The summed E-state index contributed by atoms with van der Waals surface area (Å²) < 4.78 is 25.3. The van der Waals surface area contributed by atoms with Crippen LogP contribution in [0, 0.1) is 11.7 Å². The number of H-pyrrole nitrogens is 2. The lowest BCUT2D eigenvalue weighted by Gasteiger charge is -2.12. The van der Waals surface area contributed by atoms with E-state index in [0.717, 1.165) is 45.2 Å². The number of aromatic nitrogens is 6. The van der Waals surface area contributed by atoms with Crippen LogP contribution in [-0.4, -0.2) is 44.1 Å². The van der Waals surface area contributed by atoms with Gasteiger partial charge >= 0.3 is 0 Å². The Morgan fingerprint density at radius 1 is 1.05 bits per heavy atom. The lowest BCUT2D eigenvalue weighted by Crippen LogP contribution is -2.03. The molecule has 3 aromatic heterocycles. The highest BCUT2D eigenvalue weighted by Crippen LogP contribution is 2.37. The Hall–Kier alpha value is -3.80. The Balaban J connectivity index is 1.27. The van der Waals surface area contributed by atoms with Crippen LogP contribution >= 0.6 is 22.6 Å². The van der Waals surface area contributed by atoms with E-state index in [4.69, 9.17) is 9.47 Å². The summed E-state index contributed by atoms with van der Waals surface area (Å²) in [4.78, 5) is 12.4. The van der Waals surface area contributed by atoms with E-state index < -0.39 is 0 Å². The average molecular weight is 636 g/mol. The fraction of sp³-hybridized carbons (Fsp3) is 0.241. The Kier molecular flexibility index (Phi) is 7.27. The minimum Gasteiger partial charge on any atom is -0.497 e. The van der Waals surface area contributed by atoms with E-state index in [1.165, 1.54) is 25.0 Å². The molecule has 0 amide bonds. The van der Waals surface area contributed by atoms with Crippen molar-refractivity contribution in [2.75, 3.05) is 13.7 Å². The number of nitrogens with one attached hydrogen (secondary N) is 2. The molecule has 1 fully saturated rings. The lowest BCUT2D eigenvalue weighted by molar-refractivity contribution is 0.295. The molecule has 5 aromatic rings. The highest BCUT2D eigenvalue weighted by atomic mass is 127. The summed E-state index contributed by atoms with van der Waals surface area (Å²) in [7, 11) is 1.65. The van der Waals surface area contributed by atoms with Crippen LogP contribution < -0.4 is 9.47 Å². The summed E-state index contributed by atoms with van der Waals surface area (Å²) in [5.74, 6) is 1.64. The first-order valence-electron chi connectivity index (χ1n) is 12.7. The van der Waals surface area contributed by atoms with E-state index in [-0.39, 0.29) is 9.74 Å². The fourth-order valence-electron chi connectivity index (χ4n) is 4.44. The molecule has 2 aromatic carbocycles. The molecule has 0 radical (unpaired) electrons. The smallest absolute Gasteiger partial charge is 0.126 e. The SMILES string of the molecule is COc1ccc(C(I)c2[nH]nnc2-c2ccnc(-c3nc[nH]c3Cc3ccc(F)cc3OCC3CC3)c2)cc1. The number of ether oxygens (including phenoxy) is 2. The number of methoxy groups -OCH3 is 1. The quantitative estimate of drug-likeness (QED) is 0.138. The molecule has 39 heavy (non-hydrogen) atoms. The first-order chi connectivity index (χ1) is 19.1. The number of benzene rings is 2. The second-order valence-electron chi connectivity index (χ2n) is 9.55. The number of aromatic amines is 2. The molecule has 2 N–H and O–H groups in total. The first-order valence-corrected chi connectivity index (χ1v) is 13.9. The van der Waals surface area contributed by atoms with Crippen molar-refractivity contribution >= 4 is 22.6 Å². The topological polar surface area (TPSA) is 102 Å². The van der Waals surface area contributed by atoms with Gasteiger partial charge in [0, 0.05) is 35.5 Å². The molecule has 0 saturated heterocycles. The van der Waals surface area contributed by atoms with Crippen molar-refractivity contribution in [2.45, 2.75) is 23.2 Å². The van der Waals surface area contributed by atoms with Gasteiger partial charge in [0.05, 0.1) is 35.4 Å². The molecule has 198 valence electrons. The van der Waals surface area contributed by atoms with Gasteiger partial charge in [-0.25, -0.2) is 9.37 Å². The largest absolute Gasteiger partial charge is 0.497 e. The van der Waals surface area contributed by atoms with Gasteiger partial charge < -0.3 is 14.5 Å². The number of nitrogens with zero attached hydrogens (tertiary/aromatic N) is 4. The van der Waals surface area contributed by atoms with Gasteiger partial charge in [0.2, 0.25) is 0 Å². The summed E-state index contributed by atoms with van der Waals surface area (Å²) in [5, 5.41) is 11.6.